The Morgan fingerprint density at radius 2 is 1.86 bits per heavy atom. The zero-order chi connectivity index (χ0) is 15.5. The number of hydrogen-bond donors (Lipinski definition) is 1. The molecule has 120 valence electrons. The number of benzene rings is 1. The predicted molar refractivity (Wildman–Crippen MR) is 88.9 cm³/mol. The number of nitrogens with one attached hydrogen (secondary N) is 1. The number of unbranched alkanes of at least 4 members (excludes halogenated alkanes) is 1. The molecule has 3 heteroatoms. The van der Waals surface area contributed by atoms with Crippen molar-refractivity contribution in [3.8, 4) is 5.75 Å². The monoisotopic (exact) mass is 293 g/mol. The van der Waals surface area contributed by atoms with Gasteiger partial charge in [0.2, 0.25) is 0 Å². The number of ether oxygens (including phenoxy) is 2. The van der Waals surface area contributed by atoms with Crippen LogP contribution in [0.1, 0.15) is 51.2 Å². The third-order valence-electron chi connectivity index (χ3n) is 3.95. The van der Waals surface area contributed by atoms with Gasteiger partial charge < -0.3 is 14.8 Å². The maximum Gasteiger partial charge on any atom is 0.118 e. The van der Waals surface area contributed by atoms with Crippen LogP contribution in [0.4, 0.5) is 0 Å². The van der Waals surface area contributed by atoms with Crippen molar-refractivity contribution in [2.24, 2.45) is 5.92 Å². The molecule has 0 fully saturated rings. The molecule has 0 amide bonds. The second-order valence-corrected chi connectivity index (χ2v) is 5.57. The molecule has 2 atom stereocenters. The van der Waals surface area contributed by atoms with Gasteiger partial charge in [-0.25, -0.2) is 0 Å². The molecule has 21 heavy (non-hydrogen) atoms. The summed E-state index contributed by atoms with van der Waals surface area (Å²) in [6.07, 6.45) is 5.11. The van der Waals surface area contributed by atoms with Gasteiger partial charge in [0.1, 0.15) is 5.75 Å². The minimum absolute atomic E-state index is 0.108. The van der Waals surface area contributed by atoms with Gasteiger partial charge in [-0.3, -0.25) is 0 Å². The normalized spacial score (nSPS) is 13.9. The van der Waals surface area contributed by atoms with Crippen molar-refractivity contribution in [3.63, 3.8) is 0 Å². The predicted octanol–water partition coefficient (Wildman–Crippen LogP) is 4.19. The van der Waals surface area contributed by atoms with Crippen LogP contribution in [0.15, 0.2) is 24.3 Å². The third kappa shape index (κ3) is 6.49. The summed E-state index contributed by atoms with van der Waals surface area (Å²) in [5.74, 6) is 1.55. The number of methoxy groups -OCH3 is 1. The van der Waals surface area contributed by atoms with Crippen molar-refractivity contribution in [2.75, 3.05) is 27.3 Å². The molecule has 2 unspecified atom stereocenters. The summed E-state index contributed by atoms with van der Waals surface area (Å²) in [4.78, 5) is 0. The van der Waals surface area contributed by atoms with Crippen molar-refractivity contribution < 1.29 is 9.47 Å². The van der Waals surface area contributed by atoms with E-state index in [4.69, 9.17) is 9.47 Å². The van der Waals surface area contributed by atoms with Gasteiger partial charge in [0.05, 0.1) is 19.8 Å². The topological polar surface area (TPSA) is 30.5 Å². The van der Waals surface area contributed by atoms with Crippen LogP contribution in [0.2, 0.25) is 0 Å². The minimum Gasteiger partial charge on any atom is -0.497 e. The van der Waals surface area contributed by atoms with Crippen LogP contribution in [0.3, 0.4) is 0 Å². The average molecular weight is 293 g/mol. The Bertz CT molecular complexity index is 364. The van der Waals surface area contributed by atoms with Gasteiger partial charge >= 0.3 is 0 Å². The molecular weight excluding hydrogens is 262 g/mol. The molecule has 1 aromatic carbocycles. The molecule has 0 aliphatic carbocycles. The van der Waals surface area contributed by atoms with Crippen LogP contribution in [-0.2, 0) is 4.74 Å². The molecule has 0 aliphatic rings. The van der Waals surface area contributed by atoms with Crippen molar-refractivity contribution in [2.45, 2.75) is 45.6 Å². The lowest BCUT2D eigenvalue weighted by Crippen LogP contribution is -2.22. The summed E-state index contributed by atoms with van der Waals surface area (Å²) in [6.45, 7) is 6.17. The molecule has 1 aromatic rings. The Balaban J connectivity index is 2.58. The maximum atomic E-state index is 6.19. The van der Waals surface area contributed by atoms with E-state index in [0.29, 0.717) is 5.92 Å². The lowest BCUT2D eigenvalue weighted by Gasteiger charge is -2.22. The zero-order valence-corrected chi connectivity index (χ0v) is 14.0. The van der Waals surface area contributed by atoms with Crippen molar-refractivity contribution >= 4 is 0 Å². The van der Waals surface area contributed by atoms with Crippen LogP contribution in [-0.4, -0.2) is 27.3 Å². The third-order valence-corrected chi connectivity index (χ3v) is 3.95. The van der Waals surface area contributed by atoms with E-state index >= 15 is 0 Å². The van der Waals surface area contributed by atoms with E-state index in [0.717, 1.165) is 18.9 Å². The average Bonchev–Trinajstić information content (AvgIpc) is 2.54. The summed E-state index contributed by atoms with van der Waals surface area (Å²) in [5.41, 5.74) is 1.20. The van der Waals surface area contributed by atoms with Gasteiger partial charge in [-0.1, -0.05) is 45.2 Å². The number of hydrogen-bond acceptors (Lipinski definition) is 3. The lowest BCUT2D eigenvalue weighted by molar-refractivity contribution is 0.0260. The van der Waals surface area contributed by atoms with E-state index in [-0.39, 0.29) is 6.10 Å². The van der Waals surface area contributed by atoms with Crippen molar-refractivity contribution in [3.05, 3.63) is 29.8 Å². The first-order valence-corrected chi connectivity index (χ1v) is 8.15. The van der Waals surface area contributed by atoms with E-state index in [1.165, 1.54) is 31.2 Å². The summed E-state index contributed by atoms with van der Waals surface area (Å²) < 4.78 is 11.4. The van der Waals surface area contributed by atoms with Gasteiger partial charge in [0, 0.05) is 6.54 Å². The molecule has 1 rings (SSSR count). The van der Waals surface area contributed by atoms with Crippen LogP contribution in [0.25, 0.3) is 0 Å². The van der Waals surface area contributed by atoms with Crippen LogP contribution in [0.5, 0.6) is 5.75 Å². The van der Waals surface area contributed by atoms with E-state index in [1.807, 2.05) is 19.2 Å². The molecule has 0 spiro atoms. The Morgan fingerprint density at radius 1 is 1.14 bits per heavy atom. The number of rotatable bonds is 11. The Morgan fingerprint density at radius 3 is 2.38 bits per heavy atom. The number of likely N-dealkylation sites (N-methyl/N-ethyl adjacent to an activating group) is 1. The fourth-order valence-electron chi connectivity index (χ4n) is 2.43. The lowest BCUT2D eigenvalue weighted by atomic mass is 10.0. The second kappa shape index (κ2) is 10.6. The van der Waals surface area contributed by atoms with Crippen molar-refractivity contribution in [1.29, 1.82) is 0 Å². The van der Waals surface area contributed by atoms with E-state index < -0.39 is 0 Å². The Labute approximate surface area is 130 Å². The first-order chi connectivity index (χ1) is 10.2. The highest BCUT2D eigenvalue weighted by molar-refractivity contribution is 5.28. The second-order valence-electron chi connectivity index (χ2n) is 5.57. The molecule has 0 bridgehead atoms. The summed E-state index contributed by atoms with van der Waals surface area (Å²) in [5, 5.41) is 3.22. The largest absolute Gasteiger partial charge is 0.497 e. The van der Waals surface area contributed by atoms with Crippen molar-refractivity contribution in [1.82, 2.24) is 5.32 Å². The van der Waals surface area contributed by atoms with Gasteiger partial charge in [-0.2, -0.15) is 0 Å². The Kier molecular flexibility index (Phi) is 9.11. The maximum absolute atomic E-state index is 6.19. The SMILES string of the molecule is CCCCC(CC)COC(CNC)c1ccc(OC)cc1. The first kappa shape index (κ1) is 18.0. The summed E-state index contributed by atoms with van der Waals surface area (Å²) in [6, 6.07) is 8.17. The molecule has 0 saturated carbocycles. The van der Waals surface area contributed by atoms with Crippen LogP contribution in [0, 0.1) is 5.92 Å². The first-order valence-electron chi connectivity index (χ1n) is 8.15. The molecule has 0 heterocycles. The van der Waals surface area contributed by atoms with Gasteiger partial charge in [-0.05, 0) is 37.1 Å². The van der Waals surface area contributed by atoms with Crippen LogP contribution >= 0.6 is 0 Å². The van der Waals surface area contributed by atoms with Gasteiger partial charge in [0.15, 0.2) is 0 Å². The quantitative estimate of drug-likeness (QED) is 0.663. The summed E-state index contributed by atoms with van der Waals surface area (Å²) in [7, 11) is 3.66. The Hall–Kier alpha value is -1.06. The fraction of sp³-hybridized carbons (Fsp3) is 0.667. The standard InChI is InChI=1S/C18H31NO2/c1-5-7-8-15(6-2)14-21-18(13-19-3)16-9-11-17(20-4)12-10-16/h9-12,15,18-19H,5-8,13-14H2,1-4H3. The van der Waals surface area contributed by atoms with Crippen LogP contribution < -0.4 is 10.1 Å². The van der Waals surface area contributed by atoms with Gasteiger partial charge in [-0.15, -0.1) is 0 Å². The molecule has 3 nitrogen and oxygen atoms in total. The highest BCUT2D eigenvalue weighted by Gasteiger charge is 2.14. The highest BCUT2D eigenvalue weighted by Crippen LogP contribution is 2.22. The van der Waals surface area contributed by atoms with Gasteiger partial charge in [0.25, 0.3) is 0 Å². The fourth-order valence-corrected chi connectivity index (χ4v) is 2.43. The molecule has 0 aromatic heterocycles. The molecule has 0 radical (unpaired) electrons. The molecule has 0 saturated heterocycles. The van der Waals surface area contributed by atoms with E-state index in [2.05, 4.69) is 31.3 Å². The zero-order valence-electron chi connectivity index (χ0n) is 14.0. The summed E-state index contributed by atoms with van der Waals surface area (Å²) >= 11 is 0. The highest BCUT2D eigenvalue weighted by atomic mass is 16.5. The van der Waals surface area contributed by atoms with E-state index in [1.54, 1.807) is 7.11 Å². The molecule has 0 aliphatic heterocycles. The molecule has 1 N–H and O–H groups in total. The smallest absolute Gasteiger partial charge is 0.118 e. The van der Waals surface area contributed by atoms with E-state index in [9.17, 15) is 0 Å². The molecular formula is C18H31NO2. The minimum atomic E-state index is 0.108.